The molecule has 1 aromatic rings. The Labute approximate surface area is 128 Å². The highest BCUT2D eigenvalue weighted by molar-refractivity contribution is 7.12. The Balaban J connectivity index is 0.00000200. The van der Waals surface area contributed by atoms with E-state index in [0.29, 0.717) is 10.8 Å². The molecule has 0 saturated carbocycles. The second-order valence-electron chi connectivity index (χ2n) is 4.80. The van der Waals surface area contributed by atoms with Gasteiger partial charge >= 0.3 is 0 Å². The lowest BCUT2D eigenvalue weighted by Crippen LogP contribution is -2.52. The summed E-state index contributed by atoms with van der Waals surface area (Å²) in [5, 5.41) is 10.7. The molecule has 0 bridgehead atoms. The Morgan fingerprint density at radius 3 is 2.95 bits per heavy atom. The first-order chi connectivity index (χ1) is 9.16. The molecule has 7 heteroatoms. The first-order valence-corrected chi connectivity index (χ1v) is 7.36. The smallest absolute Gasteiger partial charge is 0.261 e. The number of hydrogen-bond acceptors (Lipinski definition) is 4. The van der Waals surface area contributed by atoms with Gasteiger partial charge in [-0.1, -0.05) is 13.0 Å². The van der Waals surface area contributed by atoms with Crippen molar-refractivity contribution in [3.8, 4) is 0 Å². The van der Waals surface area contributed by atoms with Crippen LogP contribution in [0.15, 0.2) is 17.5 Å². The molecule has 1 aromatic heterocycles. The van der Waals surface area contributed by atoms with E-state index >= 15 is 0 Å². The molecule has 2 heterocycles. The molecule has 20 heavy (non-hydrogen) atoms. The number of carbonyl (C=O) groups excluding carboxylic acids is 2. The van der Waals surface area contributed by atoms with Crippen LogP contribution in [0.1, 0.15) is 23.0 Å². The molecule has 2 unspecified atom stereocenters. The minimum atomic E-state index is -0.194. The lowest BCUT2D eigenvalue weighted by molar-refractivity contribution is -0.121. The van der Waals surface area contributed by atoms with Crippen LogP contribution in [0.25, 0.3) is 0 Å². The fourth-order valence-corrected chi connectivity index (χ4v) is 2.74. The third kappa shape index (κ3) is 4.77. The molecule has 1 aliphatic rings. The summed E-state index contributed by atoms with van der Waals surface area (Å²) in [6, 6.07) is 3.71. The highest BCUT2D eigenvalue weighted by Crippen LogP contribution is 2.11. The lowest BCUT2D eigenvalue weighted by Gasteiger charge is -2.30. The van der Waals surface area contributed by atoms with Crippen LogP contribution in [0, 0.1) is 5.92 Å². The van der Waals surface area contributed by atoms with Crippen LogP contribution >= 0.6 is 23.7 Å². The molecule has 2 atom stereocenters. The minimum absolute atomic E-state index is 0. The fourth-order valence-electron chi connectivity index (χ4n) is 2.10. The van der Waals surface area contributed by atoms with Crippen molar-refractivity contribution < 1.29 is 9.59 Å². The number of thiophene rings is 1. The zero-order valence-electron chi connectivity index (χ0n) is 11.3. The number of piperidine rings is 1. The van der Waals surface area contributed by atoms with E-state index < -0.39 is 0 Å². The van der Waals surface area contributed by atoms with E-state index in [2.05, 4.69) is 22.9 Å². The topological polar surface area (TPSA) is 70.2 Å². The lowest BCUT2D eigenvalue weighted by atomic mass is 9.95. The van der Waals surface area contributed by atoms with E-state index in [-0.39, 0.29) is 36.8 Å². The van der Waals surface area contributed by atoms with Gasteiger partial charge < -0.3 is 16.0 Å². The average Bonchev–Trinajstić information content (AvgIpc) is 2.93. The number of halogens is 1. The molecular formula is C13H20ClN3O2S. The summed E-state index contributed by atoms with van der Waals surface area (Å²) in [7, 11) is 0. The van der Waals surface area contributed by atoms with E-state index in [4.69, 9.17) is 0 Å². The van der Waals surface area contributed by atoms with Crippen molar-refractivity contribution in [2.45, 2.75) is 19.4 Å². The van der Waals surface area contributed by atoms with Crippen LogP contribution in [0.4, 0.5) is 0 Å². The van der Waals surface area contributed by atoms with Gasteiger partial charge in [0.15, 0.2) is 0 Å². The van der Waals surface area contributed by atoms with E-state index in [1.807, 2.05) is 11.4 Å². The maximum Gasteiger partial charge on any atom is 0.261 e. The van der Waals surface area contributed by atoms with Gasteiger partial charge in [0.25, 0.3) is 5.91 Å². The summed E-state index contributed by atoms with van der Waals surface area (Å²) >= 11 is 1.37. The molecule has 5 nitrogen and oxygen atoms in total. The number of amides is 2. The molecule has 0 spiro atoms. The van der Waals surface area contributed by atoms with Gasteiger partial charge in [-0.15, -0.1) is 23.7 Å². The van der Waals surface area contributed by atoms with Crippen molar-refractivity contribution in [1.29, 1.82) is 0 Å². The van der Waals surface area contributed by atoms with Gasteiger partial charge in [-0.05, 0) is 30.3 Å². The third-order valence-electron chi connectivity index (χ3n) is 3.33. The molecule has 2 amide bonds. The van der Waals surface area contributed by atoms with Gasteiger partial charge in [0, 0.05) is 12.6 Å². The number of hydrogen-bond donors (Lipinski definition) is 3. The number of nitrogens with one attached hydrogen (secondary N) is 3. The normalized spacial score (nSPS) is 21.6. The molecule has 0 radical (unpaired) electrons. The second kappa shape index (κ2) is 8.24. The summed E-state index contributed by atoms with van der Waals surface area (Å²) in [5.41, 5.74) is 0. The third-order valence-corrected chi connectivity index (χ3v) is 4.20. The number of carbonyl (C=O) groups is 2. The van der Waals surface area contributed by atoms with Crippen LogP contribution in [0.2, 0.25) is 0 Å². The maximum absolute atomic E-state index is 11.8. The van der Waals surface area contributed by atoms with Gasteiger partial charge in [0.2, 0.25) is 5.91 Å². The Hall–Kier alpha value is -1.11. The van der Waals surface area contributed by atoms with Crippen molar-refractivity contribution in [2.24, 2.45) is 5.92 Å². The fraction of sp³-hybridized carbons (Fsp3) is 0.538. The summed E-state index contributed by atoms with van der Waals surface area (Å²) in [6.45, 7) is 3.96. The Bertz CT molecular complexity index is 439. The van der Waals surface area contributed by atoms with E-state index in [1.165, 1.54) is 11.3 Å². The van der Waals surface area contributed by atoms with Crippen molar-refractivity contribution in [2.75, 3.05) is 19.6 Å². The molecule has 1 fully saturated rings. The summed E-state index contributed by atoms with van der Waals surface area (Å²) in [5.74, 6) is 0.142. The molecular weight excluding hydrogens is 298 g/mol. The molecule has 112 valence electrons. The monoisotopic (exact) mass is 317 g/mol. The predicted molar refractivity (Wildman–Crippen MR) is 82.5 cm³/mol. The summed E-state index contributed by atoms with van der Waals surface area (Å²) in [6.07, 6.45) is 1.06. The predicted octanol–water partition coefficient (Wildman–Crippen LogP) is 1.01. The van der Waals surface area contributed by atoms with Crippen LogP contribution in [0.3, 0.4) is 0 Å². The van der Waals surface area contributed by atoms with Gasteiger partial charge in [-0.25, -0.2) is 0 Å². The standard InChI is InChI=1S/C13H19N3O2S.ClH/c1-9-4-5-14-7-10(9)16-12(17)8-15-13(18)11-3-2-6-19-11;/h2-3,6,9-10,14H,4-5,7-8H2,1H3,(H,15,18)(H,16,17);1H. The molecule has 3 N–H and O–H groups in total. The quantitative estimate of drug-likeness (QED) is 0.776. The Kier molecular flexibility index (Phi) is 6.98. The Morgan fingerprint density at radius 2 is 2.30 bits per heavy atom. The van der Waals surface area contributed by atoms with Crippen LogP contribution in [-0.4, -0.2) is 37.5 Å². The van der Waals surface area contributed by atoms with Crippen molar-refractivity contribution in [3.63, 3.8) is 0 Å². The second-order valence-corrected chi connectivity index (χ2v) is 5.75. The maximum atomic E-state index is 11.8. The van der Waals surface area contributed by atoms with Gasteiger partial charge in [-0.3, -0.25) is 9.59 Å². The molecule has 1 aliphatic heterocycles. The highest BCUT2D eigenvalue weighted by atomic mass is 35.5. The van der Waals surface area contributed by atoms with Crippen molar-refractivity contribution >= 4 is 35.6 Å². The number of rotatable bonds is 4. The van der Waals surface area contributed by atoms with Crippen LogP contribution < -0.4 is 16.0 Å². The van der Waals surface area contributed by atoms with Gasteiger partial charge in [0.1, 0.15) is 0 Å². The van der Waals surface area contributed by atoms with E-state index in [9.17, 15) is 9.59 Å². The highest BCUT2D eigenvalue weighted by Gasteiger charge is 2.22. The molecule has 2 rings (SSSR count). The summed E-state index contributed by atoms with van der Waals surface area (Å²) < 4.78 is 0. The van der Waals surface area contributed by atoms with Gasteiger partial charge in [0.05, 0.1) is 11.4 Å². The van der Waals surface area contributed by atoms with Crippen LogP contribution in [-0.2, 0) is 4.79 Å². The zero-order chi connectivity index (χ0) is 13.7. The molecule has 1 saturated heterocycles. The van der Waals surface area contributed by atoms with Crippen molar-refractivity contribution in [1.82, 2.24) is 16.0 Å². The first-order valence-electron chi connectivity index (χ1n) is 6.48. The molecule has 0 aliphatic carbocycles. The SMILES string of the molecule is CC1CCNCC1NC(=O)CNC(=O)c1cccs1.Cl. The van der Waals surface area contributed by atoms with Crippen molar-refractivity contribution in [3.05, 3.63) is 22.4 Å². The largest absolute Gasteiger partial charge is 0.350 e. The minimum Gasteiger partial charge on any atom is -0.350 e. The van der Waals surface area contributed by atoms with E-state index in [0.717, 1.165) is 19.5 Å². The average molecular weight is 318 g/mol. The van der Waals surface area contributed by atoms with Crippen LogP contribution in [0.5, 0.6) is 0 Å². The Morgan fingerprint density at radius 1 is 1.50 bits per heavy atom. The van der Waals surface area contributed by atoms with E-state index in [1.54, 1.807) is 6.07 Å². The first kappa shape index (κ1) is 16.9. The zero-order valence-corrected chi connectivity index (χ0v) is 13.0. The summed E-state index contributed by atoms with van der Waals surface area (Å²) in [4.78, 5) is 24.1. The molecule has 0 aromatic carbocycles. The van der Waals surface area contributed by atoms with Gasteiger partial charge in [-0.2, -0.15) is 0 Å².